The maximum atomic E-state index is 14.3. The number of carbonyl (C=O) groups is 2. The molecule has 1 atom stereocenters. The summed E-state index contributed by atoms with van der Waals surface area (Å²) in [6.07, 6.45) is -0.344. The summed E-state index contributed by atoms with van der Waals surface area (Å²) in [6, 6.07) is 12.3. The van der Waals surface area contributed by atoms with Crippen molar-refractivity contribution in [2.45, 2.75) is 51.6 Å². The summed E-state index contributed by atoms with van der Waals surface area (Å²) in [7, 11) is -4.26. The van der Waals surface area contributed by atoms with Gasteiger partial charge in [-0.05, 0) is 85.8 Å². The summed E-state index contributed by atoms with van der Waals surface area (Å²) in [5.41, 5.74) is 3.45. The lowest BCUT2D eigenvalue weighted by molar-refractivity contribution is -0.122. The van der Waals surface area contributed by atoms with E-state index in [9.17, 15) is 22.4 Å². The highest BCUT2D eigenvalue weighted by Crippen LogP contribution is 2.35. The van der Waals surface area contributed by atoms with Gasteiger partial charge in [0.05, 0.1) is 17.0 Å². The second-order valence-corrected chi connectivity index (χ2v) is 11.2. The second-order valence-electron chi connectivity index (χ2n) is 8.99. The minimum atomic E-state index is -4.26. The number of sulfonamides is 1. The fraction of sp³-hybridized carbons (Fsp3) is 0.259. The number of nitrogens with zero attached hydrogens (tertiary/aromatic N) is 2. The summed E-state index contributed by atoms with van der Waals surface area (Å²) in [5, 5.41) is 0.346. The minimum absolute atomic E-state index is 0.118. The largest absolute Gasteiger partial charge is 0.274 e. The summed E-state index contributed by atoms with van der Waals surface area (Å²) in [6.45, 7) is 6.93. The van der Waals surface area contributed by atoms with Crippen LogP contribution >= 0.6 is 11.6 Å². The molecular weight excluding hydrogens is 503 g/mol. The molecule has 0 aromatic heterocycles. The molecule has 1 unspecified atom stereocenters. The maximum Gasteiger partial charge on any atom is 0.252 e. The fourth-order valence-corrected chi connectivity index (χ4v) is 6.88. The normalized spacial score (nSPS) is 16.3. The first-order valence-electron chi connectivity index (χ1n) is 11.4. The first-order valence-corrected chi connectivity index (χ1v) is 13.2. The number of hydrogen-bond acceptors (Lipinski definition) is 4. The van der Waals surface area contributed by atoms with Gasteiger partial charge in [-0.15, -0.1) is 0 Å². The van der Waals surface area contributed by atoms with Gasteiger partial charge >= 0.3 is 0 Å². The van der Waals surface area contributed by atoms with E-state index in [1.54, 1.807) is 38.1 Å². The van der Waals surface area contributed by atoms with E-state index in [0.717, 1.165) is 32.5 Å². The van der Waals surface area contributed by atoms with E-state index in [0.29, 0.717) is 21.7 Å². The van der Waals surface area contributed by atoms with Crippen molar-refractivity contribution in [2.24, 2.45) is 0 Å². The SMILES string of the molecule is Cc1cc(C)c(C)c(S(=O)(=O)N(Cc2ccccc2Cl)C2CC(=O)N(c3ccc(F)cc3)C2=O)c1C. The van der Waals surface area contributed by atoms with E-state index in [1.165, 1.54) is 12.1 Å². The third kappa shape index (κ3) is 4.56. The van der Waals surface area contributed by atoms with Gasteiger partial charge in [-0.3, -0.25) is 9.59 Å². The van der Waals surface area contributed by atoms with Crippen LogP contribution in [0.2, 0.25) is 5.02 Å². The van der Waals surface area contributed by atoms with Crippen LogP contribution in [0, 0.1) is 33.5 Å². The molecule has 36 heavy (non-hydrogen) atoms. The number of imide groups is 1. The van der Waals surface area contributed by atoms with Crippen LogP contribution in [0.4, 0.5) is 10.1 Å². The molecular formula is C27H26ClFN2O4S. The highest BCUT2D eigenvalue weighted by Gasteiger charge is 2.47. The number of aryl methyl sites for hydroxylation is 2. The van der Waals surface area contributed by atoms with Gasteiger partial charge in [0.25, 0.3) is 5.91 Å². The number of benzene rings is 3. The first-order chi connectivity index (χ1) is 16.9. The number of hydrogen-bond donors (Lipinski definition) is 0. The fourth-order valence-electron chi connectivity index (χ4n) is 4.54. The monoisotopic (exact) mass is 528 g/mol. The lowest BCUT2D eigenvalue weighted by atomic mass is 10.0. The van der Waals surface area contributed by atoms with E-state index >= 15 is 0 Å². The third-order valence-corrected chi connectivity index (χ3v) is 9.20. The molecule has 3 aromatic rings. The zero-order chi connectivity index (χ0) is 26.4. The van der Waals surface area contributed by atoms with Gasteiger partial charge in [0.2, 0.25) is 15.9 Å². The predicted octanol–water partition coefficient (Wildman–Crippen LogP) is 5.24. The molecule has 4 rings (SSSR count). The lowest BCUT2D eigenvalue weighted by Gasteiger charge is -2.29. The van der Waals surface area contributed by atoms with E-state index in [-0.39, 0.29) is 23.5 Å². The zero-order valence-electron chi connectivity index (χ0n) is 20.4. The van der Waals surface area contributed by atoms with Crippen LogP contribution in [-0.4, -0.2) is 30.6 Å². The lowest BCUT2D eigenvalue weighted by Crippen LogP contribution is -2.45. The van der Waals surface area contributed by atoms with E-state index in [1.807, 2.05) is 19.9 Å². The van der Waals surface area contributed by atoms with Crippen LogP contribution in [0.25, 0.3) is 0 Å². The Bertz CT molecular complexity index is 1450. The van der Waals surface area contributed by atoms with Gasteiger partial charge in [0.15, 0.2) is 0 Å². The van der Waals surface area contributed by atoms with Crippen molar-refractivity contribution in [3.8, 4) is 0 Å². The predicted molar refractivity (Wildman–Crippen MR) is 137 cm³/mol. The number of halogens is 2. The van der Waals surface area contributed by atoms with Crippen molar-refractivity contribution in [1.82, 2.24) is 4.31 Å². The van der Waals surface area contributed by atoms with Crippen molar-refractivity contribution < 1.29 is 22.4 Å². The molecule has 6 nitrogen and oxygen atoms in total. The Labute approximate surface area is 215 Å². The summed E-state index contributed by atoms with van der Waals surface area (Å²) < 4.78 is 43.1. The quantitative estimate of drug-likeness (QED) is 0.410. The van der Waals surface area contributed by atoms with Crippen LogP contribution in [0.5, 0.6) is 0 Å². The molecule has 1 aliphatic rings. The van der Waals surface area contributed by atoms with Gasteiger partial charge in [-0.1, -0.05) is 35.9 Å². The Kier molecular flexibility index (Phi) is 7.05. The van der Waals surface area contributed by atoms with Gasteiger partial charge in [-0.25, -0.2) is 17.7 Å². The molecule has 0 radical (unpaired) electrons. The third-order valence-electron chi connectivity index (χ3n) is 6.70. The molecule has 0 aliphatic carbocycles. The number of carbonyl (C=O) groups excluding carboxylic acids is 2. The minimum Gasteiger partial charge on any atom is -0.274 e. The van der Waals surface area contributed by atoms with Gasteiger partial charge in [-0.2, -0.15) is 4.31 Å². The molecule has 0 N–H and O–H groups in total. The van der Waals surface area contributed by atoms with Crippen LogP contribution < -0.4 is 4.90 Å². The van der Waals surface area contributed by atoms with E-state index in [4.69, 9.17) is 11.6 Å². The molecule has 3 aromatic carbocycles. The molecule has 1 heterocycles. The molecule has 0 spiro atoms. The number of rotatable bonds is 6. The van der Waals surface area contributed by atoms with Crippen LogP contribution in [0.1, 0.15) is 34.2 Å². The Hall–Kier alpha value is -3.07. The summed E-state index contributed by atoms with van der Waals surface area (Å²) in [5.74, 6) is -1.77. The molecule has 0 bridgehead atoms. The van der Waals surface area contributed by atoms with Gasteiger partial charge in [0, 0.05) is 11.6 Å². The molecule has 1 aliphatic heterocycles. The average Bonchev–Trinajstić information content (AvgIpc) is 3.11. The summed E-state index contributed by atoms with van der Waals surface area (Å²) >= 11 is 6.37. The summed E-state index contributed by atoms with van der Waals surface area (Å²) in [4.78, 5) is 27.6. The standard InChI is InChI=1S/C27H26ClFN2O4S/c1-16-13-17(2)19(4)26(18(16)3)36(34,35)30(15-20-7-5-6-8-23(20)28)24-14-25(32)31(27(24)33)22-11-9-21(29)10-12-22/h5-13,24H,14-15H2,1-4H3. The molecule has 188 valence electrons. The van der Waals surface area contributed by atoms with Crippen molar-refractivity contribution in [3.63, 3.8) is 0 Å². The van der Waals surface area contributed by atoms with Crippen LogP contribution in [0.3, 0.4) is 0 Å². The molecule has 1 saturated heterocycles. The van der Waals surface area contributed by atoms with Crippen molar-refractivity contribution in [2.75, 3.05) is 4.90 Å². The maximum absolute atomic E-state index is 14.3. The average molecular weight is 529 g/mol. The highest BCUT2D eigenvalue weighted by atomic mass is 35.5. The Balaban J connectivity index is 1.86. The van der Waals surface area contributed by atoms with Gasteiger partial charge < -0.3 is 0 Å². The van der Waals surface area contributed by atoms with Gasteiger partial charge in [0.1, 0.15) is 11.9 Å². The van der Waals surface area contributed by atoms with Crippen molar-refractivity contribution in [1.29, 1.82) is 0 Å². The second kappa shape index (κ2) is 9.76. The first kappa shape index (κ1) is 26.0. The molecule has 1 fully saturated rings. The van der Waals surface area contributed by atoms with Crippen LogP contribution in [-0.2, 0) is 26.2 Å². The Morgan fingerprint density at radius 1 is 0.972 bits per heavy atom. The number of anilines is 1. The van der Waals surface area contributed by atoms with E-state index in [2.05, 4.69) is 0 Å². The Morgan fingerprint density at radius 2 is 1.56 bits per heavy atom. The zero-order valence-corrected chi connectivity index (χ0v) is 22.0. The highest BCUT2D eigenvalue weighted by molar-refractivity contribution is 7.89. The Morgan fingerprint density at radius 3 is 2.14 bits per heavy atom. The topological polar surface area (TPSA) is 74.8 Å². The smallest absolute Gasteiger partial charge is 0.252 e. The molecule has 0 saturated carbocycles. The number of amides is 2. The molecule has 2 amide bonds. The van der Waals surface area contributed by atoms with Crippen LogP contribution in [0.15, 0.2) is 59.5 Å². The van der Waals surface area contributed by atoms with Crippen molar-refractivity contribution >= 4 is 39.1 Å². The van der Waals surface area contributed by atoms with E-state index < -0.39 is 33.7 Å². The molecule has 9 heteroatoms. The van der Waals surface area contributed by atoms with Crippen molar-refractivity contribution in [3.05, 3.63) is 93.3 Å².